The molecule has 1 amide bonds. The van der Waals surface area contributed by atoms with Gasteiger partial charge in [-0.2, -0.15) is 0 Å². The third-order valence-corrected chi connectivity index (χ3v) is 6.34. The van der Waals surface area contributed by atoms with Gasteiger partial charge in [0.1, 0.15) is 5.75 Å². The number of hydrogen-bond donors (Lipinski definition) is 4. The summed E-state index contributed by atoms with van der Waals surface area (Å²) in [5.41, 5.74) is 6.82. The van der Waals surface area contributed by atoms with Crippen molar-refractivity contribution in [1.29, 1.82) is 0 Å². The fourth-order valence-electron chi connectivity index (χ4n) is 3.38. The van der Waals surface area contributed by atoms with Gasteiger partial charge in [0, 0.05) is 38.4 Å². The molecule has 1 aromatic carbocycles. The zero-order chi connectivity index (χ0) is 24.9. The molecule has 0 unspecified atom stereocenters. The standard InChI is InChI=1S/C26H47N3O4/c1-7-26(4,5)29-18-23(30)22(27)16-20(19(2)3)17-28-25(31)21-12-8-9-13-24(21)33-15-11-10-14-32-6/h8-9,12-13,19-20,22-23,29-30H,7,10-11,14-18,27H2,1-6H3,(H,28,31)/t20-,22+,23+/m1/s1. The monoisotopic (exact) mass is 465 g/mol. The average molecular weight is 466 g/mol. The number of aliphatic hydroxyl groups is 1. The van der Waals surface area contributed by atoms with Gasteiger partial charge in [0.15, 0.2) is 0 Å². The van der Waals surface area contributed by atoms with Crippen LogP contribution in [0.2, 0.25) is 0 Å². The molecule has 0 aliphatic heterocycles. The van der Waals surface area contributed by atoms with Crippen LogP contribution in [0, 0.1) is 11.8 Å². The van der Waals surface area contributed by atoms with E-state index in [-0.39, 0.29) is 23.4 Å². The highest BCUT2D eigenvalue weighted by atomic mass is 16.5. The summed E-state index contributed by atoms with van der Waals surface area (Å²) in [7, 11) is 1.68. The highest BCUT2D eigenvalue weighted by Crippen LogP contribution is 2.21. The largest absolute Gasteiger partial charge is 0.493 e. The zero-order valence-corrected chi connectivity index (χ0v) is 21.5. The quantitative estimate of drug-likeness (QED) is 0.263. The number of nitrogens with two attached hydrogens (primary N) is 1. The molecule has 0 aliphatic rings. The van der Waals surface area contributed by atoms with Crippen LogP contribution in [-0.2, 0) is 4.74 Å². The molecular weight excluding hydrogens is 418 g/mol. The molecule has 0 aliphatic carbocycles. The number of β-amino-alcohol motifs (C(OH)–C–C–N with tert-alkyl or cyclic N) is 1. The minimum Gasteiger partial charge on any atom is -0.493 e. The fraction of sp³-hybridized carbons (Fsp3) is 0.731. The summed E-state index contributed by atoms with van der Waals surface area (Å²) < 4.78 is 10.9. The van der Waals surface area contributed by atoms with E-state index in [0.29, 0.717) is 50.0 Å². The van der Waals surface area contributed by atoms with Crippen molar-refractivity contribution >= 4 is 5.91 Å². The number of carbonyl (C=O) groups is 1. The van der Waals surface area contributed by atoms with Gasteiger partial charge in [-0.25, -0.2) is 0 Å². The highest BCUT2D eigenvalue weighted by molar-refractivity contribution is 5.96. The van der Waals surface area contributed by atoms with E-state index in [0.717, 1.165) is 19.3 Å². The molecule has 7 nitrogen and oxygen atoms in total. The molecule has 7 heteroatoms. The number of benzene rings is 1. The van der Waals surface area contributed by atoms with Crippen LogP contribution < -0.4 is 21.1 Å². The third-order valence-electron chi connectivity index (χ3n) is 6.34. The summed E-state index contributed by atoms with van der Waals surface area (Å²) in [4.78, 5) is 12.9. The van der Waals surface area contributed by atoms with Gasteiger partial charge < -0.3 is 30.9 Å². The first kappa shape index (κ1) is 29.4. The Morgan fingerprint density at radius 1 is 1.15 bits per heavy atom. The van der Waals surface area contributed by atoms with Crippen LogP contribution in [0.5, 0.6) is 5.75 Å². The van der Waals surface area contributed by atoms with Gasteiger partial charge in [-0.05, 0) is 63.5 Å². The number of amides is 1. The Morgan fingerprint density at radius 2 is 1.82 bits per heavy atom. The van der Waals surface area contributed by atoms with E-state index in [1.54, 1.807) is 13.2 Å². The topological polar surface area (TPSA) is 106 Å². The molecule has 0 heterocycles. The van der Waals surface area contributed by atoms with Crippen LogP contribution in [0.3, 0.4) is 0 Å². The molecule has 0 spiro atoms. The van der Waals surface area contributed by atoms with Crippen LogP contribution in [0.1, 0.15) is 70.7 Å². The lowest BCUT2D eigenvalue weighted by Gasteiger charge is -2.30. The molecule has 3 atom stereocenters. The highest BCUT2D eigenvalue weighted by Gasteiger charge is 2.25. The summed E-state index contributed by atoms with van der Waals surface area (Å²) in [6.45, 7) is 12.8. The van der Waals surface area contributed by atoms with Crippen LogP contribution in [0.25, 0.3) is 0 Å². The molecule has 0 radical (unpaired) electrons. The van der Waals surface area contributed by atoms with E-state index in [1.807, 2.05) is 18.2 Å². The van der Waals surface area contributed by atoms with Gasteiger partial charge in [0.2, 0.25) is 0 Å². The molecule has 190 valence electrons. The molecule has 33 heavy (non-hydrogen) atoms. The first-order valence-electron chi connectivity index (χ1n) is 12.3. The maximum absolute atomic E-state index is 12.9. The Morgan fingerprint density at radius 3 is 2.45 bits per heavy atom. The number of para-hydroxylation sites is 1. The van der Waals surface area contributed by atoms with Gasteiger partial charge in [-0.3, -0.25) is 4.79 Å². The maximum Gasteiger partial charge on any atom is 0.255 e. The Labute approximate surface area is 200 Å². The van der Waals surface area contributed by atoms with Crippen molar-refractivity contribution < 1.29 is 19.4 Å². The molecule has 1 rings (SSSR count). The lowest BCUT2D eigenvalue weighted by atomic mass is 9.87. The van der Waals surface area contributed by atoms with Crippen LogP contribution >= 0.6 is 0 Å². The van der Waals surface area contributed by atoms with Crippen molar-refractivity contribution in [3.05, 3.63) is 29.8 Å². The second-order valence-corrected chi connectivity index (χ2v) is 9.84. The molecule has 0 saturated heterocycles. The second-order valence-electron chi connectivity index (χ2n) is 9.84. The summed E-state index contributed by atoms with van der Waals surface area (Å²) >= 11 is 0. The van der Waals surface area contributed by atoms with E-state index >= 15 is 0 Å². The number of hydrogen-bond acceptors (Lipinski definition) is 6. The Hall–Kier alpha value is -1.67. The molecule has 0 saturated carbocycles. The van der Waals surface area contributed by atoms with Crippen LogP contribution in [-0.4, -0.2) is 62.1 Å². The van der Waals surface area contributed by atoms with Crippen molar-refractivity contribution in [3.63, 3.8) is 0 Å². The number of unbranched alkanes of at least 4 members (excludes halogenated alkanes) is 1. The molecule has 0 aromatic heterocycles. The van der Waals surface area contributed by atoms with Gasteiger partial charge >= 0.3 is 0 Å². The Bertz CT molecular complexity index is 681. The van der Waals surface area contributed by atoms with Crippen molar-refractivity contribution in [2.75, 3.05) is 33.4 Å². The minimum absolute atomic E-state index is 0.0363. The number of methoxy groups -OCH3 is 1. The maximum atomic E-state index is 12.9. The second kappa shape index (κ2) is 15.3. The van der Waals surface area contributed by atoms with E-state index in [2.05, 4.69) is 45.3 Å². The van der Waals surface area contributed by atoms with E-state index in [1.165, 1.54) is 0 Å². The van der Waals surface area contributed by atoms with E-state index < -0.39 is 6.10 Å². The minimum atomic E-state index is -0.639. The summed E-state index contributed by atoms with van der Waals surface area (Å²) in [5.74, 6) is 0.898. The summed E-state index contributed by atoms with van der Waals surface area (Å²) in [6, 6.07) is 6.94. The van der Waals surface area contributed by atoms with Crippen molar-refractivity contribution in [1.82, 2.24) is 10.6 Å². The van der Waals surface area contributed by atoms with E-state index in [4.69, 9.17) is 15.2 Å². The van der Waals surface area contributed by atoms with Crippen molar-refractivity contribution in [2.24, 2.45) is 17.6 Å². The number of carbonyl (C=O) groups excluding carboxylic acids is 1. The number of rotatable bonds is 17. The average Bonchev–Trinajstić information content (AvgIpc) is 2.79. The number of aliphatic hydroxyl groups excluding tert-OH is 1. The van der Waals surface area contributed by atoms with Gasteiger partial charge in [0.05, 0.1) is 18.3 Å². The van der Waals surface area contributed by atoms with Crippen LogP contribution in [0.4, 0.5) is 0 Å². The predicted molar refractivity (Wildman–Crippen MR) is 135 cm³/mol. The smallest absolute Gasteiger partial charge is 0.255 e. The Balaban J connectivity index is 2.62. The summed E-state index contributed by atoms with van der Waals surface area (Å²) in [5, 5.41) is 17.0. The lowest BCUT2D eigenvalue weighted by Crippen LogP contribution is -2.49. The fourth-order valence-corrected chi connectivity index (χ4v) is 3.38. The van der Waals surface area contributed by atoms with E-state index in [9.17, 15) is 9.90 Å². The molecule has 5 N–H and O–H groups in total. The number of ether oxygens (including phenoxy) is 2. The zero-order valence-electron chi connectivity index (χ0n) is 21.5. The molecular formula is C26H47N3O4. The van der Waals surface area contributed by atoms with Gasteiger partial charge in [-0.1, -0.05) is 32.9 Å². The molecule has 1 aromatic rings. The van der Waals surface area contributed by atoms with Crippen molar-refractivity contribution in [2.45, 2.75) is 78.0 Å². The normalized spacial score (nSPS) is 14.7. The Kier molecular flexibility index (Phi) is 13.6. The molecule has 0 fully saturated rings. The van der Waals surface area contributed by atoms with Crippen molar-refractivity contribution in [3.8, 4) is 5.75 Å². The third kappa shape index (κ3) is 11.3. The predicted octanol–water partition coefficient (Wildman–Crippen LogP) is 3.35. The first-order chi connectivity index (χ1) is 15.6. The number of nitrogens with one attached hydrogen (secondary N) is 2. The van der Waals surface area contributed by atoms with Gasteiger partial charge in [0.25, 0.3) is 5.91 Å². The lowest BCUT2D eigenvalue weighted by molar-refractivity contribution is 0.0923. The SMILES string of the molecule is CCC(C)(C)NC[C@H](O)[C@@H](N)C[C@H](CNC(=O)c1ccccc1OCCCCOC)C(C)C. The summed E-state index contributed by atoms with van der Waals surface area (Å²) in [6.07, 6.45) is 2.74. The van der Waals surface area contributed by atoms with Crippen LogP contribution in [0.15, 0.2) is 24.3 Å². The molecule has 0 bridgehead atoms. The van der Waals surface area contributed by atoms with Gasteiger partial charge in [-0.15, -0.1) is 0 Å². The first-order valence-corrected chi connectivity index (χ1v) is 12.3.